The normalized spacial score (nSPS) is 11.3. The maximum absolute atomic E-state index is 11.1. The first-order valence-corrected chi connectivity index (χ1v) is 3.67. The van der Waals surface area contributed by atoms with Gasteiger partial charge in [0.2, 0.25) is 0 Å². The summed E-state index contributed by atoms with van der Waals surface area (Å²) < 4.78 is 9.90. The number of nitrogens with zero attached hydrogens (tertiary/aromatic N) is 2. The fourth-order valence-corrected chi connectivity index (χ4v) is 0.622. The van der Waals surface area contributed by atoms with Crippen LogP contribution in [0.5, 0.6) is 0 Å². The van der Waals surface area contributed by atoms with Crippen molar-refractivity contribution in [1.29, 1.82) is 0 Å². The second kappa shape index (κ2) is 3.04. The Labute approximate surface area is 74.1 Å². The Morgan fingerprint density at radius 2 is 2.23 bits per heavy atom. The average molecular weight is 186 g/mol. The molecule has 0 atom stereocenters. The minimum absolute atomic E-state index is 0.625. The minimum atomic E-state index is -0.828. The molecule has 0 unspecified atom stereocenters. The summed E-state index contributed by atoms with van der Waals surface area (Å²) in [4.78, 5) is 24.8. The molecule has 1 aromatic heterocycles. The summed E-state index contributed by atoms with van der Waals surface area (Å²) >= 11 is 0. The van der Waals surface area contributed by atoms with Gasteiger partial charge in [-0.15, -0.1) is 0 Å². The molecule has 0 aliphatic heterocycles. The van der Waals surface area contributed by atoms with E-state index < -0.39 is 17.5 Å². The van der Waals surface area contributed by atoms with Crippen molar-refractivity contribution in [2.24, 2.45) is 0 Å². The first kappa shape index (κ1) is 9.50. The molecule has 0 N–H and O–H groups in total. The lowest BCUT2D eigenvalue weighted by Crippen LogP contribution is -2.26. The molecule has 0 aliphatic carbocycles. The molecular formula is C7H10N2O4. The summed E-state index contributed by atoms with van der Waals surface area (Å²) in [6.45, 7) is 5.12. The second-order valence-electron chi connectivity index (χ2n) is 3.41. The van der Waals surface area contributed by atoms with E-state index in [1.165, 1.54) is 0 Å². The van der Waals surface area contributed by atoms with Crippen molar-refractivity contribution in [3.05, 3.63) is 16.9 Å². The molecule has 1 aromatic rings. The molecule has 0 radical (unpaired) electrons. The van der Waals surface area contributed by atoms with Crippen LogP contribution in [0.15, 0.2) is 15.6 Å². The molecule has 1 rings (SSSR count). The van der Waals surface area contributed by atoms with E-state index in [4.69, 9.17) is 4.74 Å². The van der Waals surface area contributed by atoms with E-state index in [2.05, 4.69) is 9.51 Å². The predicted octanol–water partition coefficient (Wildman–Crippen LogP) is 0.619. The van der Waals surface area contributed by atoms with E-state index in [1.54, 1.807) is 20.8 Å². The van der Waals surface area contributed by atoms with Crippen LogP contribution in [0.2, 0.25) is 0 Å². The molecule has 0 aliphatic rings. The lowest BCUT2D eigenvalue weighted by Gasteiger charge is -2.18. The highest BCUT2D eigenvalue weighted by molar-refractivity contribution is 5.68. The van der Waals surface area contributed by atoms with Gasteiger partial charge in [-0.25, -0.2) is 9.59 Å². The van der Waals surface area contributed by atoms with Gasteiger partial charge in [0.05, 0.1) is 0 Å². The number of ether oxygens (including phenoxy) is 1. The van der Waals surface area contributed by atoms with Crippen molar-refractivity contribution in [3.8, 4) is 0 Å². The van der Waals surface area contributed by atoms with Gasteiger partial charge in [-0.2, -0.15) is 4.98 Å². The van der Waals surface area contributed by atoms with Crippen LogP contribution in [0, 0.1) is 0 Å². The van der Waals surface area contributed by atoms with Crippen LogP contribution in [0.1, 0.15) is 20.8 Å². The quantitative estimate of drug-likeness (QED) is 0.593. The minimum Gasteiger partial charge on any atom is -0.441 e. The molecule has 72 valence electrons. The van der Waals surface area contributed by atoms with Crippen LogP contribution in [0.25, 0.3) is 0 Å². The SMILES string of the molecule is CC(C)(C)OC(=O)n1cnc(=O)o1. The molecule has 6 heteroatoms. The molecule has 0 saturated heterocycles. The molecule has 0 fully saturated rings. The second-order valence-corrected chi connectivity index (χ2v) is 3.41. The molecule has 13 heavy (non-hydrogen) atoms. The Morgan fingerprint density at radius 3 is 2.62 bits per heavy atom. The summed E-state index contributed by atoms with van der Waals surface area (Å²) in [5.74, 6) is -0.828. The maximum atomic E-state index is 11.1. The fourth-order valence-electron chi connectivity index (χ4n) is 0.622. The van der Waals surface area contributed by atoms with Gasteiger partial charge >= 0.3 is 11.8 Å². The topological polar surface area (TPSA) is 74.3 Å². The number of carbonyl (C=O) groups is 1. The molecule has 6 nitrogen and oxygen atoms in total. The van der Waals surface area contributed by atoms with Gasteiger partial charge in [0.25, 0.3) is 0 Å². The van der Waals surface area contributed by atoms with Gasteiger partial charge in [-0.3, -0.25) is 0 Å². The average Bonchev–Trinajstić information content (AvgIpc) is 2.31. The van der Waals surface area contributed by atoms with Crippen LogP contribution in [-0.2, 0) is 4.74 Å². The van der Waals surface area contributed by atoms with Crippen LogP contribution >= 0.6 is 0 Å². The molecule has 0 bridgehead atoms. The highest BCUT2D eigenvalue weighted by atomic mass is 16.6. The first-order chi connectivity index (χ1) is 5.88. The monoisotopic (exact) mass is 186 g/mol. The Balaban J connectivity index is 2.75. The standard InChI is InChI=1S/C7H10N2O4/c1-7(2,3)12-6(11)9-4-8-5(10)13-9/h4H,1-3H3. The summed E-state index contributed by atoms with van der Waals surface area (Å²) in [6.07, 6.45) is 0.207. The predicted molar refractivity (Wildman–Crippen MR) is 42.4 cm³/mol. The summed E-state index contributed by atoms with van der Waals surface area (Å²) in [6, 6.07) is 0. The zero-order valence-electron chi connectivity index (χ0n) is 7.60. The van der Waals surface area contributed by atoms with Crippen LogP contribution in [0.3, 0.4) is 0 Å². The summed E-state index contributed by atoms with van der Waals surface area (Å²) in [7, 11) is 0. The van der Waals surface area contributed by atoms with Gasteiger partial charge in [0.15, 0.2) is 0 Å². The fraction of sp³-hybridized carbons (Fsp3) is 0.571. The van der Waals surface area contributed by atoms with Gasteiger partial charge in [-0.1, -0.05) is 4.74 Å². The molecule has 0 aromatic carbocycles. The van der Waals surface area contributed by atoms with Crippen LogP contribution in [-0.4, -0.2) is 21.4 Å². The van der Waals surface area contributed by atoms with Crippen molar-refractivity contribution >= 4 is 6.09 Å². The zero-order valence-corrected chi connectivity index (χ0v) is 7.60. The largest absolute Gasteiger partial charge is 0.460 e. The van der Waals surface area contributed by atoms with Gasteiger partial charge < -0.3 is 9.26 Å². The summed E-state index contributed by atoms with van der Waals surface area (Å²) in [5.41, 5.74) is -0.625. The van der Waals surface area contributed by atoms with Gasteiger partial charge in [0, 0.05) is 0 Å². The van der Waals surface area contributed by atoms with E-state index in [-0.39, 0.29) is 0 Å². The Hall–Kier alpha value is -1.59. The Morgan fingerprint density at radius 1 is 1.62 bits per heavy atom. The molecule has 0 saturated carbocycles. The number of aromatic nitrogens is 2. The van der Waals surface area contributed by atoms with Gasteiger partial charge in [0.1, 0.15) is 11.9 Å². The van der Waals surface area contributed by atoms with Crippen molar-refractivity contribution in [2.45, 2.75) is 26.4 Å². The number of carbonyl (C=O) groups excluding carboxylic acids is 1. The first-order valence-electron chi connectivity index (χ1n) is 3.67. The molecular weight excluding hydrogens is 176 g/mol. The molecule has 0 spiro atoms. The highest BCUT2D eigenvalue weighted by Gasteiger charge is 2.18. The van der Waals surface area contributed by atoms with Gasteiger partial charge in [-0.05, 0) is 20.8 Å². The van der Waals surface area contributed by atoms with E-state index in [0.29, 0.717) is 4.74 Å². The molecule has 1 heterocycles. The zero-order chi connectivity index (χ0) is 10.1. The van der Waals surface area contributed by atoms with Crippen LogP contribution in [0.4, 0.5) is 4.79 Å². The molecule has 0 amide bonds. The third-order valence-electron chi connectivity index (χ3n) is 1.02. The number of hydrogen-bond acceptors (Lipinski definition) is 5. The van der Waals surface area contributed by atoms with E-state index in [9.17, 15) is 9.59 Å². The van der Waals surface area contributed by atoms with Crippen molar-refractivity contribution < 1.29 is 14.1 Å². The van der Waals surface area contributed by atoms with Crippen LogP contribution < -0.4 is 5.76 Å². The van der Waals surface area contributed by atoms with Crippen molar-refractivity contribution in [3.63, 3.8) is 0 Å². The lowest BCUT2D eigenvalue weighted by molar-refractivity contribution is 0.0376. The number of rotatable bonds is 0. The van der Waals surface area contributed by atoms with E-state index >= 15 is 0 Å². The highest BCUT2D eigenvalue weighted by Crippen LogP contribution is 2.07. The smallest absolute Gasteiger partial charge is 0.441 e. The number of hydrogen-bond donors (Lipinski definition) is 0. The van der Waals surface area contributed by atoms with Crippen molar-refractivity contribution in [2.75, 3.05) is 0 Å². The van der Waals surface area contributed by atoms with E-state index in [1.807, 2.05) is 0 Å². The Kier molecular flexibility index (Phi) is 2.22. The third-order valence-corrected chi connectivity index (χ3v) is 1.02. The third kappa shape index (κ3) is 2.73. The van der Waals surface area contributed by atoms with Crippen molar-refractivity contribution in [1.82, 2.24) is 9.72 Å². The maximum Gasteiger partial charge on any atom is 0.460 e. The summed E-state index contributed by atoms with van der Waals surface area (Å²) in [5, 5.41) is 0. The van der Waals surface area contributed by atoms with E-state index in [0.717, 1.165) is 6.33 Å². The lowest BCUT2D eigenvalue weighted by atomic mass is 10.2. The Bertz CT molecular complexity index is 357.